The van der Waals surface area contributed by atoms with Gasteiger partial charge < -0.3 is 15.8 Å². The highest BCUT2D eigenvalue weighted by Crippen LogP contribution is 2.22. The van der Waals surface area contributed by atoms with E-state index in [0.717, 1.165) is 6.42 Å². The van der Waals surface area contributed by atoms with Crippen molar-refractivity contribution in [2.75, 3.05) is 7.05 Å². The Morgan fingerprint density at radius 3 is 2.92 bits per heavy atom. The molecule has 0 saturated carbocycles. The second-order valence-electron chi connectivity index (χ2n) is 2.78. The predicted molar refractivity (Wildman–Crippen MR) is 45.1 cm³/mol. The van der Waals surface area contributed by atoms with Gasteiger partial charge in [0.05, 0.1) is 5.57 Å². The van der Waals surface area contributed by atoms with Crippen LogP contribution in [0.2, 0.25) is 0 Å². The maximum atomic E-state index is 11.1. The molecule has 0 spiro atoms. The molecule has 0 aromatic heterocycles. The van der Waals surface area contributed by atoms with E-state index in [0.29, 0.717) is 17.8 Å². The maximum Gasteiger partial charge on any atom is 0.338 e. The van der Waals surface area contributed by atoms with E-state index in [1.165, 1.54) is 0 Å². The van der Waals surface area contributed by atoms with Gasteiger partial charge in [-0.05, 0) is 6.42 Å². The van der Waals surface area contributed by atoms with E-state index in [2.05, 4.69) is 5.32 Å². The normalized spacial score (nSPS) is 26.8. The van der Waals surface area contributed by atoms with Gasteiger partial charge in [0.1, 0.15) is 11.9 Å². The van der Waals surface area contributed by atoms with Crippen molar-refractivity contribution in [1.29, 1.82) is 0 Å². The monoisotopic (exact) mass is 170 g/mol. The first kappa shape index (κ1) is 8.90. The van der Waals surface area contributed by atoms with Gasteiger partial charge in [0.2, 0.25) is 0 Å². The molecule has 1 rings (SSSR count). The Balaban J connectivity index is 2.76. The number of carbonyl (C=O) groups is 1. The van der Waals surface area contributed by atoms with E-state index in [9.17, 15) is 4.79 Å². The van der Waals surface area contributed by atoms with Gasteiger partial charge in [-0.1, -0.05) is 6.92 Å². The van der Waals surface area contributed by atoms with Crippen molar-refractivity contribution in [2.45, 2.75) is 25.9 Å². The van der Waals surface area contributed by atoms with Crippen molar-refractivity contribution in [2.24, 2.45) is 5.73 Å². The number of carbonyl (C=O) groups excluding carboxylic acids is 1. The molecule has 0 aromatic carbocycles. The zero-order valence-electron chi connectivity index (χ0n) is 7.39. The molecular formula is C8H14N2O2. The van der Waals surface area contributed by atoms with Gasteiger partial charge in [0.15, 0.2) is 0 Å². The summed E-state index contributed by atoms with van der Waals surface area (Å²) in [6.07, 6.45) is 1.48. The van der Waals surface area contributed by atoms with Crippen LogP contribution in [0.25, 0.3) is 0 Å². The number of ether oxygens (including phenoxy) is 1. The van der Waals surface area contributed by atoms with Crippen molar-refractivity contribution in [3.05, 3.63) is 11.4 Å². The van der Waals surface area contributed by atoms with Crippen LogP contribution in [0.4, 0.5) is 0 Å². The Bertz CT molecular complexity index is 223. The van der Waals surface area contributed by atoms with E-state index < -0.39 is 0 Å². The predicted octanol–water partition coefficient (Wildman–Crippen LogP) is 0.102. The van der Waals surface area contributed by atoms with E-state index in [1.54, 1.807) is 7.05 Å². The average molecular weight is 170 g/mol. The molecule has 3 N–H and O–H groups in total. The highest BCUT2D eigenvalue weighted by Gasteiger charge is 2.29. The molecule has 1 heterocycles. The number of hydrogen-bond acceptors (Lipinski definition) is 4. The Kier molecular flexibility index (Phi) is 2.58. The first-order valence-electron chi connectivity index (χ1n) is 4.06. The lowest BCUT2D eigenvalue weighted by molar-refractivity contribution is -0.138. The second kappa shape index (κ2) is 3.47. The number of hydrogen-bond donors (Lipinski definition) is 2. The fraction of sp³-hybridized carbons (Fsp3) is 0.625. The molecule has 1 fully saturated rings. The molecule has 0 bridgehead atoms. The van der Waals surface area contributed by atoms with Crippen LogP contribution in [0, 0.1) is 0 Å². The van der Waals surface area contributed by atoms with E-state index in [1.807, 2.05) is 6.92 Å². The molecule has 68 valence electrons. The summed E-state index contributed by atoms with van der Waals surface area (Å²) in [5.41, 5.74) is 6.13. The molecule has 1 aliphatic rings. The molecular weight excluding hydrogens is 156 g/mol. The molecule has 0 aliphatic carbocycles. The molecule has 12 heavy (non-hydrogen) atoms. The summed E-state index contributed by atoms with van der Waals surface area (Å²) in [6, 6.07) is 0. The third kappa shape index (κ3) is 1.52. The Morgan fingerprint density at radius 2 is 2.50 bits per heavy atom. The summed E-state index contributed by atoms with van der Waals surface area (Å²) in [6.45, 7) is 1.98. The minimum atomic E-state index is -0.284. The smallest absolute Gasteiger partial charge is 0.338 e. The molecule has 1 aliphatic heterocycles. The van der Waals surface area contributed by atoms with Gasteiger partial charge in [0.25, 0.3) is 0 Å². The Morgan fingerprint density at radius 1 is 1.83 bits per heavy atom. The minimum absolute atomic E-state index is 0.0133. The number of nitrogens with two attached hydrogens (primary N) is 1. The van der Waals surface area contributed by atoms with Gasteiger partial charge in [-0.2, -0.15) is 0 Å². The zero-order chi connectivity index (χ0) is 9.14. The Labute approximate surface area is 71.8 Å². The van der Waals surface area contributed by atoms with Crippen molar-refractivity contribution in [1.82, 2.24) is 5.32 Å². The van der Waals surface area contributed by atoms with E-state index in [-0.39, 0.29) is 12.1 Å². The van der Waals surface area contributed by atoms with Crippen LogP contribution >= 0.6 is 0 Å². The van der Waals surface area contributed by atoms with Crippen LogP contribution in [0.15, 0.2) is 11.4 Å². The van der Waals surface area contributed by atoms with Crippen molar-refractivity contribution < 1.29 is 9.53 Å². The van der Waals surface area contributed by atoms with Gasteiger partial charge in [-0.25, -0.2) is 4.79 Å². The highest BCUT2D eigenvalue weighted by molar-refractivity contribution is 5.91. The summed E-state index contributed by atoms with van der Waals surface area (Å²) < 4.78 is 5.03. The van der Waals surface area contributed by atoms with Crippen LogP contribution in [0.1, 0.15) is 19.8 Å². The Hall–Kier alpha value is -1.19. The van der Waals surface area contributed by atoms with Gasteiger partial charge in [-0.3, -0.25) is 0 Å². The zero-order valence-corrected chi connectivity index (χ0v) is 7.39. The second-order valence-corrected chi connectivity index (χ2v) is 2.78. The molecule has 0 radical (unpaired) electrons. The van der Waals surface area contributed by atoms with Gasteiger partial charge in [-0.15, -0.1) is 0 Å². The van der Waals surface area contributed by atoms with E-state index >= 15 is 0 Å². The lowest BCUT2D eigenvalue weighted by atomic mass is 10.1. The number of esters is 1. The fourth-order valence-electron chi connectivity index (χ4n) is 1.17. The minimum Gasteiger partial charge on any atom is -0.459 e. The lowest BCUT2D eigenvalue weighted by Crippen LogP contribution is -2.19. The molecule has 1 saturated heterocycles. The van der Waals surface area contributed by atoms with Crippen LogP contribution in [-0.2, 0) is 9.53 Å². The topological polar surface area (TPSA) is 64.3 Å². The summed E-state index contributed by atoms with van der Waals surface area (Å²) in [7, 11) is 1.69. The number of cyclic esters (lactones) is 1. The van der Waals surface area contributed by atoms with Gasteiger partial charge >= 0.3 is 5.97 Å². The summed E-state index contributed by atoms with van der Waals surface area (Å²) in [5, 5.41) is 2.74. The summed E-state index contributed by atoms with van der Waals surface area (Å²) in [5.74, 6) is 0.143. The first-order chi connectivity index (χ1) is 5.69. The largest absolute Gasteiger partial charge is 0.459 e. The van der Waals surface area contributed by atoms with Crippen LogP contribution in [0.3, 0.4) is 0 Å². The molecule has 1 atom stereocenters. The first-order valence-corrected chi connectivity index (χ1v) is 4.06. The molecule has 4 heteroatoms. The number of rotatable bonds is 2. The fourth-order valence-corrected chi connectivity index (χ4v) is 1.17. The average Bonchev–Trinajstić information content (AvgIpc) is 2.45. The van der Waals surface area contributed by atoms with Crippen molar-refractivity contribution in [3.8, 4) is 0 Å². The lowest BCUT2D eigenvalue weighted by Gasteiger charge is -2.01. The summed E-state index contributed by atoms with van der Waals surface area (Å²) in [4.78, 5) is 11.1. The van der Waals surface area contributed by atoms with Crippen LogP contribution in [-0.4, -0.2) is 19.1 Å². The van der Waals surface area contributed by atoms with Crippen LogP contribution < -0.4 is 11.1 Å². The molecule has 4 nitrogen and oxygen atoms in total. The molecule has 0 aromatic rings. The maximum absolute atomic E-state index is 11.1. The third-order valence-corrected chi connectivity index (χ3v) is 2.00. The van der Waals surface area contributed by atoms with E-state index in [4.69, 9.17) is 10.5 Å². The highest BCUT2D eigenvalue weighted by atomic mass is 16.5. The van der Waals surface area contributed by atoms with Crippen molar-refractivity contribution >= 4 is 5.97 Å². The number of nitrogens with one attached hydrogen (secondary N) is 1. The van der Waals surface area contributed by atoms with Crippen molar-refractivity contribution in [3.63, 3.8) is 0 Å². The molecule has 1 unspecified atom stereocenters. The third-order valence-electron chi connectivity index (χ3n) is 2.00. The SMILES string of the molecule is CCC1CC(=C(N)NC)C(=O)O1. The summed E-state index contributed by atoms with van der Waals surface area (Å²) >= 11 is 0. The standard InChI is InChI=1S/C8H14N2O2/c1-3-5-4-6(7(9)10-2)8(11)12-5/h5,10H,3-4,9H2,1-2H3. The quantitative estimate of drug-likeness (QED) is 0.456. The van der Waals surface area contributed by atoms with Crippen LogP contribution in [0.5, 0.6) is 0 Å². The van der Waals surface area contributed by atoms with Gasteiger partial charge in [0, 0.05) is 13.5 Å². The molecule has 0 amide bonds.